The Morgan fingerprint density at radius 3 is 2.32 bits per heavy atom. The number of unbranched alkanes of at least 4 members (excludes halogenated alkanes) is 1. The topological polar surface area (TPSA) is 51.1 Å². The molecule has 162 valence electrons. The van der Waals surface area contributed by atoms with E-state index in [1.807, 2.05) is 74.5 Å². The number of ketones is 1. The van der Waals surface area contributed by atoms with E-state index in [0.29, 0.717) is 17.8 Å². The minimum Gasteiger partial charge on any atom is -0.344 e. The zero-order valence-corrected chi connectivity index (χ0v) is 19.1. The summed E-state index contributed by atoms with van der Waals surface area (Å²) in [4.78, 5) is 25.6. The third-order valence-electron chi connectivity index (χ3n) is 5.52. The fraction of sp³-hybridized carbons (Fsp3) is 0.308. The van der Waals surface area contributed by atoms with Crippen LogP contribution in [0.1, 0.15) is 52.6 Å². The van der Waals surface area contributed by atoms with E-state index >= 15 is 0 Å². The van der Waals surface area contributed by atoms with Gasteiger partial charge in [0.1, 0.15) is 0 Å². The Morgan fingerprint density at radius 2 is 1.68 bits per heavy atom. The molecule has 0 fully saturated rings. The van der Waals surface area contributed by atoms with Crippen molar-refractivity contribution in [3.05, 3.63) is 88.7 Å². The van der Waals surface area contributed by atoms with Gasteiger partial charge in [-0.05, 0) is 56.0 Å². The second kappa shape index (κ2) is 10.5. The Hall–Kier alpha value is -2.85. The first-order chi connectivity index (χ1) is 14.9. The minimum absolute atomic E-state index is 0.383. The number of aromatic nitrogens is 1. The van der Waals surface area contributed by atoms with Gasteiger partial charge in [-0.1, -0.05) is 55.8 Å². The standard InChI is InChI=1S/C26H29ClN2O2/c1-4-5-9-20-12-14-22(15-13-20)28-26(31)24(27)25(30)23-16-18(2)29(19(23)3)17-21-10-7-6-8-11-21/h6-8,10-16,24H,4-5,9,17H2,1-3H3,(H,28,31). The molecule has 1 N–H and O–H groups in total. The van der Waals surface area contributed by atoms with E-state index in [0.717, 1.165) is 36.2 Å². The average Bonchev–Trinajstić information content (AvgIpc) is 3.06. The number of alkyl halides is 1. The van der Waals surface area contributed by atoms with Gasteiger partial charge >= 0.3 is 0 Å². The fourth-order valence-electron chi connectivity index (χ4n) is 3.66. The molecule has 1 amide bonds. The van der Waals surface area contributed by atoms with Crippen molar-refractivity contribution >= 4 is 29.0 Å². The summed E-state index contributed by atoms with van der Waals surface area (Å²) in [6.45, 7) is 6.66. The van der Waals surface area contributed by atoms with Crippen molar-refractivity contribution in [2.24, 2.45) is 0 Å². The summed E-state index contributed by atoms with van der Waals surface area (Å²) in [5, 5.41) is 1.47. The summed E-state index contributed by atoms with van der Waals surface area (Å²) < 4.78 is 2.07. The molecule has 4 nitrogen and oxygen atoms in total. The predicted octanol–water partition coefficient (Wildman–Crippen LogP) is 5.92. The number of benzene rings is 2. The zero-order valence-electron chi connectivity index (χ0n) is 18.3. The largest absolute Gasteiger partial charge is 0.344 e. The van der Waals surface area contributed by atoms with Crippen LogP contribution in [0.2, 0.25) is 0 Å². The molecular formula is C26H29ClN2O2. The van der Waals surface area contributed by atoms with Crippen LogP contribution in [-0.2, 0) is 17.8 Å². The highest BCUT2D eigenvalue weighted by Gasteiger charge is 2.28. The molecule has 0 aliphatic carbocycles. The van der Waals surface area contributed by atoms with Gasteiger partial charge in [-0.15, -0.1) is 11.6 Å². The smallest absolute Gasteiger partial charge is 0.250 e. The molecule has 3 rings (SSSR count). The number of nitrogens with zero attached hydrogens (tertiary/aromatic N) is 1. The molecule has 2 aromatic carbocycles. The van der Waals surface area contributed by atoms with Crippen molar-refractivity contribution in [3.8, 4) is 0 Å². The molecule has 1 unspecified atom stereocenters. The molecule has 1 heterocycles. The first kappa shape index (κ1) is 22.8. The van der Waals surface area contributed by atoms with E-state index in [2.05, 4.69) is 16.8 Å². The number of anilines is 1. The van der Waals surface area contributed by atoms with Gasteiger partial charge in [0.15, 0.2) is 11.2 Å². The molecule has 0 bridgehead atoms. The Bertz CT molecular complexity index is 1040. The molecule has 0 spiro atoms. The van der Waals surface area contributed by atoms with E-state index in [4.69, 9.17) is 11.6 Å². The van der Waals surface area contributed by atoms with Crippen LogP contribution in [0.5, 0.6) is 0 Å². The SMILES string of the molecule is CCCCc1ccc(NC(=O)C(Cl)C(=O)c2cc(C)n(Cc3ccccc3)c2C)cc1. The highest BCUT2D eigenvalue weighted by molar-refractivity contribution is 6.45. The zero-order chi connectivity index (χ0) is 22.4. The number of halogens is 1. The molecule has 5 heteroatoms. The lowest BCUT2D eigenvalue weighted by Crippen LogP contribution is -2.30. The maximum absolute atomic E-state index is 13.0. The van der Waals surface area contributed by atoms with Gasteiger partial charge in [0.25, 0.3) is 0 Å². The Kier molecular flexibility index (Phi) is 7.69. The van der Waals surface area contributed by atoms with Crippen LogP contribution in [0.4, 0.5) is 5.69 Å². The summed E-state index contributed by atoms with van der Waals surface area (Å²) in [6.07, 6.45) is 3.28. The number of hydrogen-bond donors (Lipinski definition) is 1. The number of hydrogen-bond acceptors (Lipinski definition) is 2. The lowest BCUT2D eigenvalue weighted by Gasteiger charge is -2.12. The summed E-state index contributed by atoms with van der Waals surface area (Å²) in [6, 6.07) is 19.6. The van der Waals surface area contributed by atoms with Gasteiger partial charge in [0.2, 0.25) is 5.91 Å². The second-order valence-electron chi connectivity index (χ2n) is 7.87. The van der Waals surface area contributed by atoms with Gasteiger partial charge in [0.05, 0.1) is 0 Å². The maximum atomic E-state index is 13.0. The van der Waals surface area contributed by atoms with Crippen molar-refractivity contribution < 1.29 is 9.59 Å². The van der Waals surface area contributed by atoms with Gasteiger partial charge in [-0.25, -0.2) is 0 Å². The number of aryl methyl sites for hydroxylation is 2. The van der Waals surface area contributed by atoms with Crippen LogP contribution >= 0.6 is 11.6 Å². The average molecular weight is 437 g/mol. The molecule has 0 saturated carbocycles. The van der Waals surface area contributed by atoms with Crippen molar-refractivity contribution in [1.82, 2.24) is 4.57 Å². The van der Waals surface area contributed by atoms with Crippen LogP contribution in [-0.4, -0.2) is 21.6 Å². The van der Waals surface area contributed by atoms with E-state index in [1.54, 1.807) is 0 Å². The first-order valence-electron chi connectivity index (χ1n) is 10.7. The summed E-state index contributed by atoms with van der Waals surface area (Å²) in [7, 11) is 0. The highest BCUT2D eigenvalue weighted by atomic mass is 35.5. The lowest BCUT2D eigenvalue weighted by atomic mass is 10.1. The summed E-state index contributed by atoms with van der Waals surface area (Å²) in [5.74, 6) is -0.896. The van der Waals surface area contributed by atoms with E-state index in [-0.39, 0.29) is 5.78 Å². The molecule has 1 atom stereocenters. The number of rotatable bonds is 9. The monoisotopic (exact) mass is 436 g/mol. The van der Waals surface area contributed by atoms with Crippen LogP contribution in [0.25, 0.3) is 0 Å². The molecule has 0 saturated heterocycles. The molecular weight excluding hydrogens is 408 g/mol. The lowest BCUT2D eigenvalue weighted by molar-refractivity contribution is -0.115. The van der Waals surface area contributed by atoms with Gasteiger partial charge < -0.3 is 9.88 Å². The minimum atomic E-state index is -1.29. The van der Waals surface area contributed by atoms with Gasteiger partial charge in [0, 0.05) is 29.2 Å². The first-order valence-corrected chi connectivity index (χ1v) is 11.1. The predicted molar refractivity (Wildman–Crippen MR) is 127 cm³/mol. The molecule has 3 aromatic rings. The Labute approximate surface area is 189 Å². The van der Waals surface area contributed by atoms with Gasteiger partial charge in [-0.2, -0.15) is 0 Å². The van der Waals surface area contributed by atoms with Crippen LogP contribution in [0.15, 0.2) is 60.7 Å². The Morgan fingerprint density at radius 1 is 1.00 bits per heavy atom. The quantitative estimate of drug-likeness (QED) is 0.257. The fourth-order valence-corrected chi connectivity index (χ4v) is 3.83. The highest BCUT2D eigenvalue weighted by Crippen LogP contribution is 2.21. The number of nitrogens with one attached hydrogen (secondary N) is 1. The van der Waals surface area contributed by atoms with Crippen molar-refractivity contribution in [2.75, 3.05) is 5.32 Å². The number of amides is 1. The number of carbonyl (C=O) groups is 2. The molecule has 0 aliphatic rings. The molecule has 0 aliphatic heterocycles. The van der Waals surface area contributed by atoms with Crippen LogP contribution in [0, 0.1) is 13.8 Å². The molecule has 0 radical (unpaired) electrons. The van der Waals surface area contributed by atoms with Crippen molar-refractivity contribution in [1.29, 1.82) is 0 Å². The third-order valence-corrected chi connectivity index (χ3v) is 5.92. The maximum Gasteiger partial charge on any atom is 0.250 e. The number of carbonyl (C=O) groups excluding carboxylic acids is 2. The van der Waals surface area contributed by atoms with Crippen LogP contribution in [0.3, 0.4) is 0 Å². The summed E-state index contributed by atoms with van der Waals surface area (Å²) >= 11 is 6.29. The summed E-state index contributed by atoms with van der Waals surface area (Å²) in [5.41, 5.74) is 5.26. The number of Topliss-reactive ketones (excluding diaryl/α,β-unsaturated/α-hetero) is 1. The second-order valence-corrected chi connectivity index (χ2v) is 8.31. The van der Waals surface area contributed by atoms with Crippen molar-refractivity contribution in [3.63, 3.8) is 0 Å². The Balaban J connectivity index is 1.69. The van der Waals surface area contributed by atoms with E-state index in [9.17, 15) is 9.59 Å². The van der Waals surface area contributed by atoms with E-state index in [1.165, 1.54) is 5.56 Å². The van der Waals surface area contributed by atoms with Crippen molar-refractivity contribution in [2.45, 2.75) is 52.0 Å². The normalized spacial score (nSPS) is 11.9. The van der Waals surface area contributed by atoms with E-state index < -0.39 is 11.3 Å². The molecule has 31 heavy (non-hydrogen) atoms. The van der Waals surface area contributed by atoms with Gasteiger partial charge in [-0.3, -0.25) is 9.59 Å². The van der Waals surface area contributed by atoms with Crippen LogP contribution < -0.4 is 5.32 Å². The third kappa shape index (κ3) is 5.65. The molecule has 1 aromatic heterocycles.